The van der Waals surface area contributed by atoms with Crippen molar-refractivity contribution >= 4 is 0 Å². The number of halogens is 2. The average molecular weight is 453 g/mol. The van der Waals surface area contributed by atoms with Gasteiger partial charge in [0.05, 0.1) is 12.2 Å². The lowest BCUT2D eigenvalue weighted by Crippen LogP contribution is -2.43. The van der Waals surface area contributed by atoms with Crippen molar-refractivity contribution in [1.29, 1.82) is 0 Å². The lowest BCUT2D eigenvalue weighted by molar-refractivity contribution is -0.168. The predicted molar refractivity (Wildman–Crippen MR) is 124 cm³/mol. The Balaban J connectivity index is 1.70. The molecule has 3 rings (SSSR count). The molecule has 3 aliphatic carbocycles. The van der Waals surface area contributed by atoms with Crippen molar-refractivity contribution < 1.29 is 24.1 Å². The minimum Gasteiger partial charge on any atom is -0.388 e. The van der Waals surface area contributed by atoms with Gasteiger partial charge in [-0.1, -0.05) is 43.7 Å². The number of aliphatic hydroxyl groups is 3. The van der Waals surface area contributed by atoms with Crippen molar-refractivity contribution in [2.45, 2.75) is 109 Å². The summed E-state index contributed by atoms with van der Waals surface area (Å²) in [5, 5.41) is 30.0. The molecule has 0 heterocycles. The second kappa shape index (κ2) is 9.31. The van der Waals surface area contributed by atoms with E-state index in [1.807, 2.05) is 0 Å². The Morgan fingerprint density at radius 1 is 1.16 bits per heavy atom. The number of alkyl halides is 2. The van der Waals surface area contributed by atoms with E-state index in [1.54, 1.807) is 0 Å². The van der Waals surface area contributed by atoms with Crippen LogP contribution in [0.15, 0.2) is 35.5 Å². The summed E-state index contributed by atoms with van der Waals surface area (Å²) in [6.07, 6.45) is 9.55. The van der Waals surface area contributed by atoms with Gasteiger partial charge in [-0.05, 0) is 94.0 Å². The van der Waals surface area contributed by atoms with Crippen LogP contribution in [0.3, 0.4) is 0 Å². The predicted octanol–water partition coefficient (Wildman–Crippen LogP) is 5.95. The molecule has 5 heteroatoms. The highest BCUT2D eigenvalue weighted by Crippen LogP contribution is 2.60. The molecule has 3 saturated carbocycles. The van der Waals surface area contributed by atoms with Gasteiger partial charge < -0.3 is 15.3 Å². The first-order valence-corrected chi connectivity index (χ1v) is 12.3. The number of fused-ring (bicyclic) bond motifs is 1. The molecule has 3 N–H and O–H groups in total. The molecule has 3 fully saturated rings. The third-order valence-corrected chi connectivity index (χ3v) is 8.83. The van der Waals surface area contributed by atoms with Gasteiger partial charge in [0.1, 0.15) is 5.60 Å². The fraction of sp³-hybridized carbons (Fsp3) is 0.778. The van der Waals surface area contributed by atoms with Gasteiger partial charge in [0.25, 0.3) is 5.92 Å². The van der Waals surface area contributed by atoms with Gasteiger partial charge in [0.2, 0.25) is 0 Å². The highest BCUT2D eigenvalue weighted by molar-refractivity contribution is 5.29. The topological polar surface area (TPSA) is 60.7 Å². The maximum atomic E-state index is 14.3. The lowest BCUT2D eigenvalue weighted by Gasteiger charge is -2.44. The monoisotopic (exact) mass is 452 g/mol. The standard InChI is InChI=1S/C27H42F2O3/c1-17(12-14-27(28,29)25(3,4)32)21-10-11-22-20(7-6-13-26(21,22)5)9-8-19-15-23(30)18(2)24(31)16-19/h8-9,17,21-24,30-32H,2,6-7,10-16H2,1,3-5H3/b19-8-,20-9+/t17-,21-,22?,23-,24?,26-/m1/s1. The van der Waals surface area contributed by atoms with E-state index in [4.69, 9.17) is 0 Å². The molecule has 0 bridgehead atoms. The highest BCUT2D eigenvalue weighted by Gasteiger charge is 2.51. The van der Waals surface area contributed by atoms with Gasteiger partial charge in [0, 0.05) is 6.42 Å². The number of allylic oxidation sites excluding steroid dienone is 3. The first-order chi connectivity index (χ1) is 14.8. The fourth-order valence-electron chi connectivity index (χ4n) is 6.56. The smallest absolute Gasteiger partial charge is 0.275 e. The first kappa shape index (κ1) is 25.6. The Labute approximate surface area is 192 Å². The summed E-state index contributed by atoms with van der Waals surface area (Å²) in [5.74, 6) is -2.03. The summed E-state index contributed by atoms with van der Waals surface area (Å²) in [6.45, 7) is 10.6. The zero-order chi connectivity index (χ0) is 23.9. The van der Waals surface area contributed by atoms with E-state index in [0.29, 0.717) is 36.7 Å². The average Bonchev–Trinajstić information content (AvgIpc) is 3.05. The highest BCUT2D eigenvalue weighted by atomic mass is 19.3. The van der Waals surface area contributed by atoms with Crippen LogP contribution in [-0.2, 0) is 0 Å². The third kappa shape index (κ3) is 5.05. The van der Waals surface area contributed by atoms with Crippen LogP contribution in [0, 0.1) is 23.2 Å². The Morgan fingerprint density at radius 2 is 1.78 bits per heavy atom. The number of hydrogen-bond donors (Lipinski definition) is 3. The molecule has 0 aliphatic heterocycles. The molecule has 0 amide bonds. The zero-order valence-electron chi connectivity index (χ0n) is 20.2. The molecule has 0 spiro atoms. The van der Waals surface area contributed by atoms with Crippen molar-refractivity contribution in [1.82, 2.24) is 0 Å². The molecule has 0 aromatic heterocycles. The molecule has 0 aromatic rings. The second-order valence-corrected chi connectivity index (χ2v) is 11.5. The van der Waals surface area contributed by atoms with Gasteiger partial charge in [-0.25, -0.2) is 8.78 Å². The fourth-order valence-corrected chi connectivity index (χ4v) is 6.56. The summed E-state index contributed by atoms with van der Waals surface area (Å²) in [4.78, 5) is 0. The molecular weight excluding hydrogens is 410 g/mol. The van der Waals surface area contributed by atoms with E-state index in [2.05, 4.69) is 32.6 Å². The molecule has 3 aliphatic rings. The number of hydrogen-bond acceptors (Lipinski definition) is 3. The van der Waals surface area contributed by atoms with Crippen LogP contribution in [0.4, 0.5) is 8.78 Å². The normalized spacial score (nSPS) is 37.7. The van der Waals surface area contributed by atoms with Crippen molar-refractivity contribution in [3.63, 3.8) is 0 Å². The van der Waals surface area contributed by atoms with Gasteiger partial charge >= 0.3 is 0 Å². The van der Waals surface area contributed by atoms with Crippen LogP contribution < -0.4 is 0 Å². The minimum absolute atomic E-state index is 0.117. The van der Waals surface area contributed by atoms with Gasteiger partial charge in [-0.2, -0.15) is 0 Å². The molecule has 182 valence electrons. The summed E-state index contributed by atoms with van der Waals surface area (Å²) < 4.78 is 28.6. The quantitative estimate of drug-likeness (QED) is 0.437. The molecule has 0 aromatic carbocycles. The number of aliphatic hydroxyl groups excluding tert-OH is 2. The second-order valence-electron chi connectivity index (χ2n) is 11.5. The van der Waals surface area contributed by atoms with Crippen molar-refractivity contribution in [3.05, 3.63) is 35.5 Å². The Hall–Kier alpha value is -1.04. The van der Waals surface area contributed by atoms with Crippen LogP contribution >= 0.6 is 0 Å². The molecular formula is C27H42F2O3. The van der Waals surface area contributed by atoms with E-state index in [9.17, 15) is 24.1 Å². The third-order valence-electron chi connectivity index (χ3n) is 8.83. The maximum Gasteiger partial charge on any atom is 0.275 e. The molecule has 6 atom stereocenters. The van der Waals surface area contributed by atoms with Crippen LogP contribution in [0.2, 0.25) is 0 Å². The van der Waals surface area contributed by atoms with E-state index >= 15 is 0 Å². The van der Waals surface area contributed by atoms with Gasteiger partial charge in [-0.15, -0.1) is 0 Å². The van der Waals surface area contributed by atoms with Gasteiger partial charge in [0.15, 0.2) is 0 Å². The Kier molecular flexibility index (Phi) is 7.44. The molecule has 0 radical (unpaired) electrons. The van der Waals surface area contributed by atoms with E-state index < -0.39 is 23.7 Å². The summed E-state index contributed by atoms with van der Waals surface area (Å²) in [7, 11) is 0. The van der Waals surface area contributed by atoms with Crippen LogP contribution in [0.5, 0.6) is 0 Å². The van der Waals surface area contributed by atoms with E-state index in [-0.39, 0.29) is 17.8 Å². The van der Waals surface area contributed by atoms with Gasteiger partial charge in [-0.3, -0.25) is 0 Å². The minimum atomic E-state index is -3.08. The Bertz CT molecular complexity index is 747. The Morgan fingerprint density at radius 3 is 2.38 bits per heavy atom. The molecule has 32 heavy (non-hydrogen) atoms. The van der Waals surface area contributed by atoms with Crippen molar-refractivity contribution in [2.75, 3.05) is 0 Å². The van der Waals surface area contributed by atoms with Crippen molar-refractivity contribution in [2.24, 2.45) is 23.2 Å². The largest absolute Gasteiger partial charge is 0.388 e. The first-order valence-electron chi connectivity index (χ1n) is 12.3. The summed E-state index contributed by atoms with van der Waals surface area (Å²) >= 11 is 0. The molecule has 3 nitrogen and oxygen atoms in total. The van der Waals surface area contributed by atoms with E-state index in [1.165, 1.54) is 19.4 Å². The van der Waals surface area contributed by atoms with Crippen LogP contribution in [0.25, 0.3) is 0 Å². The molecule has 0 saturated heterocycles. The van der Waals surface area contributed by atoms with Crippen LogP contribution in [-0.4, -0.2) is 39.1 Å². The maximum absolute atomic E-state index is 14.3. The van der Waals surface area contributed by atoms with Crippen molar-refractivity contribution in [3.8, 4) is 0 Å². The van der Waals surface area contributed by atoms with E-state index in [0.717, 1.165) is 37.7 Å². The SMILES string of the molecule is C=C1C(O)C/C(=C\C=C2/CCC[C@@]3(C)C2CC[C@@H]3[C@H](C)CCC(F)(F)C(C)(C)O)C[C@H]1O. The van der Waals surface area contributed by atoms with Crippen LogP contribution in [0.1, 0.15) is 85.5 Å². The summed E-state index contributed by atoms with van der Waals surface area (Å²) in [6, 6.07) is 0. The lowest BCUT2D eigenvalue weighted by atomic mass is 9.60. The summed E-state index contributed by atoms with van der Waals surface area (Å²) in [5.41, 5.74) is 1.11. The molecule has 2 unspecified atom stereocenters. The zero-order valence-corrected chi connectivity index (χ0v) is 20.2. The number of rotatable bonds is 6.